The van der Waals surface area contributed by atoms with Gasteiger partial charge in [-0.1, -0.05) is 30.4 Å². The van der Waals surface area contributed by atoms with E-state index in [1.807, 2.05) is 17.0 Å². The summed E-state index contributed by atoms with van der Waals surface area (Å²) in [4.78, 5) is 18.4. The van der Waals surface area contributed by atoms with Gasteiger partial charge in [0.1, 0.15) is 0 Å². The molecule has 1 aliphatic heterocycles. The zero-order valence-electron chi connectivity index (χ0n) is 12.2. The van der Waals surface area contributed by atoms with Gasteiger partial charge in [-0.2, -0.15) is 0 Å². The van der Waals surface area contributed by atoms with Gasteiger partial charge in [0, 0.05) is 13.1 Å². The van der Waals surface area contributed by atoms with Crippen LogP contribution in [0.25, 0.3) is 10.2 Å². The molecule has 1 aromatic carbocycles. The van der Waals surface area contributed by atoms with Gasteiger partial charge in [-0.05, 0) is 18.1 Å². The van der Waals surface area contributed by atoms with Crippen molar-refractivity contribution in [3.05, 3.63) is 23.8 Å². The van der Waals surface area contributed by atoms with Gasteiger partial charge in [0.2, 0.25) is 5.91 Å². The summed E-state index contributed by atoms with van der Waals surface area (Å²) in [6.07, 6.45) is -1.57. The number of carbonyl (C=O) groups excluding carboxylic acids is 1. The molecule has 1 N–H and O–H groups in total. The molecule has 0 spiro atoms. The maximum absolute atomic E-state index is 12.1. The van der Waals surface area contributed by atoms with Gasteiger partial charge in [-0.15, -0.1) is 0 Å². The molecular weight excluding hydrogens is 308 g/mol. The third-order valence-corrected chi connectivity index (χ3v) is 4.91. The van der Waals surface area contributed by atoms with Gasteiger partial charge in [0.25, 0.3) is 6.43 Å². The lowest BCUT2D eigenvalue weighted by molar-refractivity contribution is -0.126. The predicted molar refractivity (Wildman–Crippen MR) is 83.7 cm³/mol. The first-order valence-electron chi connectivity index (χ1n) is 7.27. The van der Waals surface area contributed by atoms with E-state index in [4.69, 9.17) is 0 Å². The minimum absolute atomic E-state index is 0.226. The Balaban J connectivity index is 1.64. The molecule has 1 aliphatic rings. The van der Waals surface area contributed by atoms with Gasteiger partial charge in [0.05, 0.1) is 22.7 Å². The fourth-order valence-corrected chi connectivity index (χ4v) is 3.57. The highest BCUT2D eigenvalue weighted by molar-refractivity contribution is 7.22. The van der Waals surface area contributed by atoms with Gasteiger partial charge >= 0.3 is 0 Å². The number of benzene rings is 1. The summed E-state index contributed by atoms with van der Waals surface area (Å²) in [5.74, 6) is -0.525. The largest absolute Gasteiger partial charge is 0.350 e. The van der Waals surface area contributed by atoms with E-state index in [0.29, 0.717) is 13.1 Å². The van der Waals surface area contributed by atoms with E-state index >= 15 is 0 Å². The lowest BCUT2D eigenvalue weighted by Crippen LogP contribution is -2.54. The van der Waals surface area contributed by atoms with Crippen LogP contribution >= 0.6 is 11.3 Å². The van der Waals surface area contributed by atoms with Crippen LogP contribution in [0, 0.1) is 5.92 Å². The van der Waals surface area contributed by atoms with E-state index in [-0.39, 0.29) is 11.8 Å². The maximum Gasteiger partial charge on any atom is 0.255 e. The Bertz CT molecular complexity index is 682. The molecule has 0 radical (unpaired) electrons. The number of halogens is 2. The fourth-order valence-electron chi connectivity index (χ4n) is 2.54. The van der Waals surface area contributed by atoms with Crippen LogP contribution in [0.1, 0.15) is 12.5 Å². The Labute approximate surface area is 131 Å². The topological polar surface area (TPSA) is 45.2 Å². The monoisotopic (exact) mass is 325 g/mol. The van der Waals surface area contributed by atoms with Gasteiger partial charge in [0.15, 0.2) is 5.13 Å². The number of fused-ring (bicyclic) bond motifs is 1. The van der Waals surface area contributed by atoms with Crippen molar-refractivity contribution in [1.29, 1.82) is 0 Å². The molecule has 1 aromatic heterocycles. The van der Waals surface area contributed by atoms with Crippen molar-refractivity contribution in [2.24, 2.45) is 5.92 Å². The average molecular weight is 325 g/mol. The van der Waals surface area contributed by atoms with Crippen molar-refractivity contribution in [1.82, 2.24) is 10.3 Å². The molecule has 0 bridgehead atoms. The van der Waals surface area contributed by atoms with Crippen molar-refractivity contribution < 1.29 is 13.6 Å². The summed E-state index contributed by atoms with van der Waals surface area (Å²) in [5.41, 5.74) is 2.24. The van der Waals surface area contributed by atoms with Crippen molar-refractivity contribution in [3.63, 3.8) is 0 Å². The zero-order valence-corrected chi connectivity index (χ0v) is 13.0. The molecule has 4 nitrogen and oxygen atoms in total. The number of amides is 1. The number of carbonyl (C=O) groups is 1. The normalized spacial score (nSPS) is 15.4. The molecular formula is C15H17F2N3OS. The first kappa shape index (κ1) is 15.1. The van der Waals surface area contributed by atoms with Crippen molar-refractivity contribution in [3.8, 4) is 0 Å². The molecule has 22 heavy (non-hydrogen) atoms. The summed E-state index contributed by atoms with van der Waals surface area (Å²) in [7, 11) is 0. The molecule has 1 fully saturated rings. The van der Waals surface area contributed by atoms with Crippen LogP contribution in [-0.4, -0.2) is 37.0 Å². The molecule has 1 saturated heterocycles. The highest BCUT2D eigenvalue weighted by atomic mass is 32.1. The first-order chi connectivity index (χ1) is 10.6. The number of aryl methyl sites for hydroxylation is 1. The Morgan fingerprint density at radius 2 is 2.27 bits per heavy atom. The third-order valence-electron chi connectivity index (χ3n) is 3.83. The second-order valence-electron chi connectivity index (χ2n) is 5.35. The molecule has 2 aromatic rings. The smallest absolute Gasteiger partial charge is 0.255 e. The molecule has 1 amide bonds. The molecule has 0 aliphatic carbocycles. The summed E-state index contributed by atoms with van der Waals surface area (Å²) >= 11 is 1.61. The van der Waals surface area contributed by atoms with Gasteiger partial charge in [-0.3, -0.25) is 4.79 Å². The van der Waals surface area contributed by atoms with E-state index in [1.165, 1.54) is 5.56 Å². The number of anilines is 1. The molecule has 7 heteroatoms. The van der Waals surface area contributed by atoms with Crippen LogP contribution in [0.5, 0.6) is 0 Å². The number of nitrogens with zero attached hydrogens (tertiary/aromatic N) is 2. The predicted octanol–water partition coefficient (Wildman–Crippen LogP) is 2.68. The second-order valence-corrected chi connectivity index (χ2v) is 6.36. The summed E-state index contributed by atoms with van der Waals surface area (Å²) in [6.45, 7) is 2.60. The lowest BCUT2D eigenvalue weighted by atomic mass is 10.0. The second kappa shape index (κ2) is 6.16. The minimum Gasteiger partial charge on any atom is -0.350 e. The Morgan fingerprint density at radius 3 is 2.95 bits per heavy atom. The molecule has 118 valence electrons. The molecule has 3 rings (SSSR count). The Hall–Kier alpha value is -1.76. The molecule has 2 heterocycles. The quantitative estimate of drug-likeness (QED) is 0.919. The Morgan fingerprint density at radius 1 is 1.50 bits per heavy atom. The van der Waals surface area contributed by atoms with Crippen LogP contribution in [-0.2, 0) is 11.2 Å². The number of thiazole rings is 1. The molecule has 0 atom stereocenters. The van der Waals surface area contributed by atoms with E-state index in [2.05, 4.69) is 23.3 Å². The number of nitrogens with one attached hydrogen (secondary N) is 1. The summed E-state index contributed by atoms with van der Waals surface area (Å²) < 4.78 is 25.3. The van der Waals surface area contributed by atoms with Gasteiger partial charge in [-0.25, -0.2) is 13.8 Å². The van der Waals surface area contributed by atoms with Gasteiger partial charge < -0.3 is 10.2 Å². The zero-order chi connectivity index (χ0) is 15.7. The summed E-state index contributed by atoms with van der Waals surface area (Å²) in [5, 5.41) is 3.17. The molecule has 0 unspecified atom stereocenters. The minimum atomic E-state index is -2.50. The number of para-hydroxylation sites is 1. The van der Waals surface area contributed by atoms with Crippen molar-refractivity contribution in [2.45, 2.75) is 19.8 Å². The number of alkyl halides is 2. The number of hydrogen-bond donors (Lipinski definition) is 1. The van der Waals surface area contributed by atoms with E-state index in [9.17, 15) is 13.6 Å². The van der Waals surface area contributed by atoms with E-state index < -0.39 is 13.0 Å². The standard InChI is InChI=1S/C15H17F2N3OS/c1-2-9-4-3-5-11-13(9)19-15(22-11)20-7-10(8-20)14(21)18-6-12(16)17/h3-5,10,12H,2,6-8H2,1H3,(H,18,21). The van der Waals surface area contributed by atoms with Crippen LogP contribution in [0.4, 0.5) is 13.9 Å². The van der Waals surface area contributed by atoms with E-state index in [1.54, 1.807) is 11.3 Å². The van der Waals surface area contributed by atoms with Crippen molar-refractivity contribution in [2.75, 3.05) is 24.5 Å². The average Bonchev–Trinajstić information content (AvgIpc) is 2.86. The number of aromatic nitrogens is 1. The highest BCUT2D eigenvalue weighted by Gasteiger charge is 2.34. The number of hydrogen-bond acceptors (Lipinski definition) is 4. The van der Waals surface area contributed by atoms with Crippen LogP contribution in [0.2, 0.25) is 0 Å². The van der Waals surface area contributed by atoms with Crippen LogP contribution in [0.15, 0.2) is 18.2 Å². The first-order valence-corrected chi connectivity index (χ1v) is 8.09. The maximum atomic E-state index is 12.1. The van der Waals surface area contributed by atoms with E-state index in [0.717, 1.165) is 21.8 Å². The fraction of sp³-hybridized carbons (Fsp3) is 0.467. The molecule has 0 saturated carbocycles. The van der Waals surface area contributed by atoms with Crippen LogP contribution in [0.3, 0.4) is 0 Å². The third kappa shape index (κ3) is 2.90. The van der Waals surface area contributed by atoms with Crippen LogP contribution < -0.4 is 10.2 Å². The SMILES string of the molecule is CCc1cccc2sc(N3CC(C(=O)NCC(F)F)C3)nc12. The number of rotatable bonds is 5. The highest BCUT2D eigenvalue weighted by Crippen LogP contribution is 2.34. The lowest BCUT2D eigenvalue weighted by Gasteiger charge is -2.37. The van der Waals surface area contributed by atoms with Crippen molar-refractivity contribution >= 4 is 32.6 Å². The Kier molecular flexibility index (Phi) is 4.24. The summed E-state index contributed by atoms with van der Waals surface area (Å²) in [6, 6.07) is 6.14.